The topological polar surface area (TPSA) is 66.4 Å². The van der Waals surface area contributed by atoms with Crippen LogP contribution in [0.4, 0.5) is 0 Å². The lowest BCUT2D eigenvalue weighted by atomic mass is 10.2. The molecule has 0 amide bonds. The number of aliphatic hydroxyl groups is 1. The molecule has 0 aliphatic carbocycles. The van der Waals surface area contributed by atoms with Crippen molar-refractivity contribution in [1.29, 1.82) is 0 Å². The zero-order valence-corrected chi connectivity index (χ0v) is 18.3. The van der Waals surface area contributed by atoms with Gasteiger partial charge in [-0.1, -0.05) is 13.3 Å². The monoisotopic (exact) mass is 380 g/mol. The number of methoxy groups -OCH3 is 1. The van der Waals surface area contributed by atoms with Crippen molar-refractivity contribution < 1.29 is 28.8 Å². The summed E-state index contributed by atoms with van der Waals surface area (Å²) in [5, 5.41) is 8.75. The van der Waals surface area contributed by atoms with Crippen LogP contribution >= 0.6 is 0 Å². The summed E-state index contributed by atoms with van der Waals surface area (Å²) in [5.41, 5.74) is 0. The van der Waals surface area contributed by atoms with Gasteiger partial charge in [0.25, 0.3) is 0 Å². The van der Waals surface area contributed by atoms with Crippen molar-refractivity contribution in [3.8, 4) is 0 Å². The molecule has 0 fully saturated rings. The average molecular weight is 381 g/mol. The van der Waals surface area contributed by atoms with Crippen molar-refractivity contribution in [1.82, 2.24) is 0 Å². The summed E-state index contributed by atoms with van der Waals surface area (Å²) in [6.45, 7) is 16.7. The molecular weight excluding hydrogens is 336 g/mol. The van der Waals surface area contributed by atoms with E-state index in [0.29, 0.717) is 25.9 Å². The molecule has 0 radical (unpaired) electrons. The van der Waals surface area contributed by atoms with E-state index in [4.69, 9.17) is 28.8 Å². The molecule has 1 N–H and O–H groups in total. The minimum Gasteiger partial charge on any atom is -0.394 e. The van der Waals surface area contributed by atoms with E-state index in [2.05, 4.69) is 13.8 Å². The Balaban J connectivity index is 0. The molecule has 0 aromatic heterocycles. The quantitative estimate of drug-likeness (QED) is 0.469. The van der Waals surface area contributed by atoms with Crippen LogP contribution in [0.1, 0.15) is 61.3 Å². The average Bonchev–Trinajstić information content (AvgIpc) is 2.62. The molecule has 5 unspecified atom stereocenters. The molecule has 0 saturated heterocycles. The maximum Gasteiger partial charge on any atom is 0.0784 e. The van der Waals surface area contributed by atoms with Crippen molar-refractivity contribution in [2.45, 2.75) is 91.8 Å². The summed E-state index contributed by atoms with van der Waals surface area (Å²) in [5.74, 6) is 0. The molecule has 0 heterocycles. The predicted molar refractivity (Wildman–Crippen MR) is 106 cm³/mol. The number of aliphatic hydroxyl groups excluding tert-OH is 1. The maximum absolute atomic E-state index is 8.75. The summed E-state index contributed by atoms with van der Waals surface area (Å²) in [4.78, 5) is 0. The first-order valence-corrected chi connectivity index (χ1v) is 9.90. The van der Waals surface area contributed by atoms with Crippen LogP contribution in [0.5, 0.6) is 0 Å². The van der Waals surface area contributed by atoms with E-state index in [1.54, 1.807) is 7.11 Å². The third kappa shape index (κ3) is 20.1. The second-order valence-corrected chi connectivity index (χ2v) is 6.72. The number of hydrogen-bond acceptors (Lipinski definition) is 6. The minimum absolute atomic E-state index is 0.0667. The van der Waals surface area contributed by atoms with Crippen molar-refractivity contribution in [3.05, 3.63) is 0 Å². The molecule has 5 atom stereocenters. The van der Waals surface area contributed by atoms with E-state index in [9.17, 15) is 0 Å². The summed E-state index contributed by atoms with van der Waals surface area (Å²) < 4.78 is 26.7. The molecule has 0 bridgehead atoms. The third-order valence-corrected chi connectivity index (χ3v) is 3.61. The van der Waals surface area contributed by atoms with Crippen LogP contribution in [0.2, 0.25) is 0 Å². The molecule has 0 aliphatic heterocycles. The van der Waals surface area contributed by atoms with Gasteiger partial charge in [0, 0.05) is 13.7 Å². The van der Waals surface area contributed by atoms with Crippen molar-refractivity contribution in [2.24, 2.45) is 0 Å². The zero-order valence-electron chi connectivity index (χ0n) is 18.3. The van der Waals surface area contributed by atoms with E-state index in [0.717, 1.165) is 19.4 Å². The van der Waals surface area contributed by atoms with Gasteiger partial charge in [0.2, 0.25) is 0 Å². The highest BCUT2D eigenvalue weighted by molar-refractivity contribution is 4.56. The van der Waals surface area contributed by atoms with Gasteiger partial charge in [-0.25, -0.2) is 0 Å². The Kier molecular flexibility index (Phi) is 21.0. The van der Waals surface area contributed by atoms with Crippen molar-refractivity contribution >= 4 is 0 Å². The number of hydrogen-bond donors (Lipinski definition) is 1. The predicted octanol–water partition coefficient (Wildman–Crippen LogP) is 3.44. The summed E-state index contributed by atoms with van der Waals surface area (Å²) in [6.07, 6.45) is 2.84. The fraction of sp³-hybridized carbons (Fsp3) is 1.00. The highest BCUT2D eigenvalue weighted by Crippen LogP contribution is 2.05. The van der Waals surface area contributed by atoms with Crippen LogP contribution in [0, 0.1) is 0 Å². The Hall–Kier alpha value is -0.240. The van der Waals surface area contributed by atoms with Crippen LogP contribution < -0.4 is 0 Å². The van der Waals surface area contributed by atoms with Crippen LogP contribution in [0.3, 0.4) is 0 Å². The van der Waals surface area contributed by atoms with Crippen LogP contribution in [-0.2, 0) is 23.7 Å². The van der Waals surface area contributed by atoms with Gasteiger partial charge in [0.1, 0.15) is 0 Å². The summed E-state index contributed by atoms with van der Waals surface area (Å²) in [7, 11) is 1.68. The van der Waals surface area contributed by atoms with Gasteiger partial charge in [0.05, 0.1) is 56.9 Å². The molecule has 160 valence electrons. The normalized spacial score (nSPS) is 17.0. The molecule has 0 aliphatic rings. The van der Waals surface area contributed by atoms with Gasteiger partial charge in [0.15, 0.2) is 0 Å². The molecule has 6 heteroatoms. The van der Waals surface area contributed by atoms with E-state index < -0.39 is 0 Å². The SMILES string of the molecule is CCCC(C)OC(C)COC(C)CO.CCOCC(C)OCC(C)OC. The van der Waals surface area contributed by atoms with Gasteiger partial charge in [-0.2, -0.15) is 0 Å². The van der Waals surface area contributed by atoms with E-state index >= 15 is 0 Å². The zero-order chi connectivity index (χ0) is 20.4. The molecule has 26 heavy (non-hydrogen) atoms. The van der Waals surface area contributed by atoms with E-state index in [1.807, 2.05) is 34.6 Å². The van der Waals surface area contributed by atoms with Gasteiger partial charge in [-0.05, 0) is 48.0 Å². The Morgan fingerprint density at radius 1 is 0.731 bits per heavy atom. The standard InChI is InChI=1S/C11H24O3.C9H20O3/c1-5-6-9(2)14-11(4)8-13-10(3)7-12;1-5-11-6-9(3)12-7-8(2)10-4/h9-12H,5-8H2,1-4H3;8-9H,5-7H2,1-4H3. The largest absolute Gasteiger partial charge is 0.394 e. The second kappa shape index (κ2) is 19.5. The van der Waals surface area contributed by atoms with Gasteiger partial charge < -0.3 is 28.8 Å². The van der Waals surface area contributed by atoms with Crippen molar-refractivity contribution in [2.75, 3.05) is 40.1 Å². The van der Waals surface area contributed by atoms with E-state index in [1.165, 1.54) is 0 Å². The second-order valence-electron chi connectivity index (χ2n) is 6.72. The molecule has 6 nitrogen and oxygen atoms in total. The maximum atomic E-state index is 8.75. The van der Waals surface area contributed by atoms with Crippen molar-refractivity contribution in [3.63, 3.8) is 0 Å². The van der Waals surface area contributed by atoms with Crippen LogP contribution in [0.15, 0.2) is 0 Å². The lowest BCUT2D eigenvalue weighted by molar-refractivity contribution is -0.0693. The smallest absolute Gasteiger partial charge is 0.0784 e. The first-order valence-electron chi connectivity index (χ1n) is 9.90. The van der Waals surface area contributed by atoms with Gasteiger partial charge >= 0.3 is 0 Å². The molecule has 0 saturated carbocycles. The lowest BCUT2D eigenvalue weighted by Crippen LogP contribution is -2.25. The minimum atomic E-state index is -0.0949. The van der Waals surface area contributed by atoms with E-state index in [-0.39, 0.29) is 31.0 Å². The lowest BCUT2D eigenvalue weighted by Gasteiger charge is -2.20. The molecule has 0 aromatic rings. The Morgan fingerprint density at radius 3 is 1.81 bits per heavy atom. The Labute approximate surface area is 161 Å². The van der Waals surface area contributed by atoms with Crippen LogP contribution in [-0.4, -0.2) is 75.8 Å². The molecular formula is C20H44O6. The Morgan fingerprint density at radius 2 is 1.31 bits per heavy atom. The fourth-order valence-electron chi connectivity index (χ4n) is 1.96. The summed E-state index contributed by atoms with van der Waals surface area (Å²) in [6, 6.07) is 0. The molecule has 0 aromatic carbocycles. The van der Waals surface area contributed by atoms with Gasteiger partial charge in [-0.15, -0.1) is 0 Å². The van der Waals surface area contributed by atoms with Gasteiger partial charge in [-0.3, -0.25) is 0 Å². The number of ether oxygens (including phenoxy) is 5. The highest BCUT2D eigenvalue weighted by atomic mass is 16.6. The Bertz CT molecular complexity index is 277. The third-order valence-electron chi connectivity index (χ3n) is 3.61. The molecule has 0 spiro atoms. The highest BCUT2D eigenvalue weighted by Gasteiger charge is 2.09. The first kappa shape index (κ1) is 28.0. The summed E-state index contributed by atoms with van der Waals surface area (Å²) >= 11 is 0. The first-order chi connectivity index (χ1) is 12.3. The fourth-order valence-corrected chi connectivity index (χ4v) is 1.96. The number of rotatable bonds is 15. The molecule has 0 rings (SSSR count). The van der Waals surface area contributed by atoms with Crippen LogP contribution in [0.25, 0.3) is 0 Å².